The number of piperazine rings is 1. The van der Waals surface area contributed by atoms with E-state index in [1.807, 2.05) is 6.07 Å². The average molecular weight is 400 g/mol. The maximum atomic E-state index is 14.0. The van der Waals surface area contributed by atoms with E-state index in [1.54, 1.807) is 12.1 Å². The van der Waals surface area contributed by atoms with E-state index in [0.29, 0.717) is 23.1 Å². The minimum absolute atomic E-state index is 0.225. The first-order chi connectivity index (χ1) is 11.5. The van der Waals surface area contributed by atoms with Crippen molar-refractivity contribution in [3.05, 3.63) is 63.6 Å². The van der Waals surface area contributed by atoms with E-state index in [-0.39, 0.29) is 11.5 Å². The minimum atomic E-state index is -0.669. The van der Waals surface area contributed by atoms with Gasteiger partial charge in [-0.05, 0) is 22.0 Å². The Morgan fingerprint density at radius 3 is 2.33 bits per heavy atom. The van der Waals surface area contributed by atoms with Crippen LogP contribution in [0.15, 0.2) is 34.9 Å². The van der Waals surface area contributed by atoms with Crippen molar-refractivity contribution in [1.29, 1.82) is 0 Å². The third kappa shape index (κ3) is 4.15. The Bertz CT molecular complexity index is 718. The molecule has 1 fully saturated rings. The molecular formula is C17H17BrF3N3. The van der Waals surface area contributed by atoms with E-state index in [4.69, 9.17) is 0 Å². The Hall–Kier alpha value is -1.44. The first kappa shape index (κ1) is 17.4. The van der Waals surface area contributed by atoms with E-state index in [0.717, 1.165) is 38.4 Å². The molecule has 0 N–H and O–H groups in total. The van der Waals surface area contributed by atoms with Gasteiger partial charge in [-0.1, -0.05) is 12.1 Å². The summed E-state index contributed by atoms with van der Waals surface area (Å²) in [5.74, 6) is -1.51. The molecule has 1 aliphatic heterocycles. The second-order valence-corrected chi connectivity index (χ2v) is 6.70. The van der Waals surface area contributed by atoms with E-state index >= 15 is 0 Å². The summed E-state index contributed by atoms with van der Waals surface area (Å²) in [4.78, 5) is 8.05. The third-order valence-electron chi connectivity index (χ3n) is 4.15. The molecule has 0 bridgehead atoms. The molecule has 24 heavy (non-hydrogen) atoms. The highest BCUT2D eigenvalue weighted by Crippen LogP contribution is 2.20. The van der Waals surface area contributed by atoms with Crippen LogP contribution in [0.1, 0.15) is 11.3 Å². The predicted molar refractivity (Wildman–Crippen MR) is 88.8 cm³/mol. The smallest absolute Gasteiger partial charge is 0.148 e. The number of hydrogen-bond acceptors (Lipinski definition) is 3. The van der Waals surface area contributed by atoms with Crippen molar-refractivity contribution in [2.75, 3.05) is 26.2 Å². The van der Waals surface area contributed by atoms with Crippen molar-refractivity contribution >= 4 is 15.9 Å². The summed E-state index contributed by atoms with van der Waals surface area (Å²) in [6, 6.07) is 6.14. The van der Waals surface area contributed by atoms with Gasteiger partial charge in [-0.15, -0.1) is 0 Å². The lowest BCUT2D eigenvalue weighted by molar-refractivity contribution is 0.119. The Kier molecular flexibility index (Phi) is 5.53. The van der Waals surface area contributed by atoms with Crippen LogP contribution in [0.5, 0.6) is 0 Å². The van der Waals surface area contributed by atoms with Crippen molar-refractivity contribution in [3.8, 4) is 0 Å². The van der Waals surface area contributed by atoms with Crippen LogP contribution in [0.3, 0.4) is 0 Å². The molecule has 3 rings (SSSR count). The van der Waals surface area contributed by atoms with Gasteiger partial charge < -0.3 is 0 Å². The number of nitrogens with zero attached hydrogens (tertiary/aromatic N) is 3. The summed E-state index contributed by atoms with van der Waals surface area (Å²) in [7, 11) is 0. The van der Waals surface area contributed by atoms with Crippen LogP contribution in [-0.2, 0) is 13.1 Å². The van der Waals surface area contributed by atoms with Gasteiger partial charge in [0.05, 0.1) is 16.4 Å². The number of pyridine rings is 1. The number of aromatic nitrogens is 1. The molecule has 7 heteroatoms. The maximum absolute atomic E-state index is 14.0. The molecule has 2 aromatic rings. The van der Waals surface area contributed by atoms with E-state index in [1.165, 1.54) is 0 Å². The zero-order chi connectivity index (χ0) is 17.1. The fourth-order valence-corrected chi connectivity index (χ4v) is 3.20. The molecule has 0 aliphatic carbocycles. The molecule has 1 aromatic heterocycles. The van der Waals surface area contributed by atoms with E-state index in [2.05, 4.69) is 30.7 Å². The lowest BCUT2D eigenvalue weighted by Crippen LogP contribution is -2.45. The molecule has 0 unspecified atom stereocenters. The van der Waals surface area contributed by atoms with E-state index in [9.17, 15) is 13.2 Å². The summed E-state index contributed by atoms with van der Waals surface area (Å²) in [5.41, 5.74) is 0.909. The lowest BCUT2D eigenvalue weighted by Gasteiger charge is -2.34. The largest absolute Gasteiger partial charge is 0.296 e. The molecule has 0 radical (unpaired) electrons. The molecule has 0 amide bonds. The Morgan fingerprint density at radius 1 is 1.00 bits per heavy atom. The minimum Gasteiger partial charge on any atom is -0.296 e. The SMILES string of the molecule is Fc1cnc(CN2CCN(Cc3cccc(Br)c3F)CC2)c(F)c1. The third-order valence-corrected chi connectivity index (χ3v) is 4.76. The number of halogens is 4. The first-order valence-electron chi connectivity index (χ1n) is 7.70. The molecule has 0 atom stereocenters. The fourth-order valence-electron chi connectivity index (χ4n) is 2.79. The van der Waals surface area contributed by atoms with Crippen molar-refractivity contribution in [1.82, 2.24) is 14.8 Å². The summed E-state index contributed by atoms with van der Waals surface area (Å²) in [6.45, 7) is 3.87. The lowest BCUT2D eigenvalue weighted by atomic mass is 10.2. The monoisotopic (exact) mass is 399 g/mol. The zero-order valence-electron chi connectivity index (χ0n) is 13.0. The predicted octanol–water partition coefficient (Wildman–Crippen LogP) is 3.58. The topological polar surface area (TPSA) is 19.4 Å². The van der Waals surface area contributed by atoms with Gasteiger partial charge in [0, 0.05) is 50.9 Å². The number of hydrogen-bond donors (Lipinski definition) is 0. The second-order valence-electron chi connectivity index (χ2n) is 5.85. The summed E-state index contributed by atoms with van der Waals surface area (Å²) in [6.07, 6.45) is 1.03. The molecule has 1 saturated heterocycles. The molecule has 128 valence electrons. The van der Waals surface area contributed by atoms with Gasteiger partial charge in [0.1, 0.15) is 17.5 Å². The maximum Gasteiger partial charge on any atom is 0.148 e. The molecule has 1 aliphatic rings. The molecule has 0 spiro atoms. The van der Waals surface area contributed by atoms with Crippen LogP contribution in [0.25, 0.3) is 0 Å². The van der Waals surface area contributed by atoms with E-state index < -0.39 is 11.6 Å². The summed E-state index contributed by atoms with van der Waals surface area (Å²) < 4.78 is 41.1. The van der Waals surface area contributed by atoms with Crippen molar-refractivity contribution in [2.24, 2.45) is 0 Å². The Balaban J connectivity index is 1.55. The molecule has 2 heterocycles. The first-order valence-corrected chi connectivity index (χ1v) is 8.50. The standard InChI is InChI=1S/C17H17BrF3N3/c18-14-3-1-2-12(17(14)21)10-23-4-6-24(7-5-23)11-16-15(20)8-13(19)9-22-16/h1-3,8-9H,4-7,10-11H2. The van der Waals surface area contributed by atoms with Crippen molar-refractivity contribution in [3.63, 3.8) is 0 Å². The molecule has 3 nitrogen and oxygen atoms in total. The normalized spacial score (nSPS) is 16.5. The van der Waals surface area contributed by atoms with Gasteiger partial charge in [-0.2, -0.15) is 0 Å². The Labute approximate surface area is 147 Å². The van der Waals surface area contributed by atoms with Gasteiger partial charge in [0.15, 0.2) is 0 Å². The van der Waals surface area contributed by atoms with Crippen LogP contribution in [-0.4, -0.2) is 41.0 Å². The van der Waals surface area contributed by atoms with Gasteiger partial charge >= 0.3 is 0 Å². The van der Waals surface area contributed by atoms with Crippen LogP contribution in [0.2, 0.25) is 0 Å². The highest BCUT2D eigenvalue weighted by Gasteiger charge is 2.20. The Morgan fingerprint density at radius 2 is 1.67 bits per heavy atom. The second kappa shape index (κ2) is 7.63. The van der Waals surface area contributed by atoms with Gasteiger partial charge in [-0.3, -0.25) is 14.8 Å². The summed E-state index contributed by atoms with van der Waals surface area (Å²) >= 11 is 3.20. The van der Waals surface area contributed by atoms with Crippen LogP contribution >= 0.6 is 15.9 Å². The molecular weight excluding hydrogens is 383 g/mol. The highest BCUT2D eigenvalue weighted by atomic mass is 79.9. The quantitative estimate of drug-likeness (QED) is 0.783. The van der Waals surface area contributed by atoms with Crippen LogP contribution in [0, 0.1) is 17.5 Å². The van der Waals surface area contributed by atoms with Crippen LogP contribution in [0.4, 0.5) is 13.2 Å². The molecule has 0 saturated carbocycles. The molecule has 1 aromatic carbocycles. The van der Waals surface area contributed by atoms with Gasteiger partial charge in [-0.25, -0.2) is 13.2 Å². The highest BCUT2D eigenvalue weighted by molar-refractivity contribution is 9.10. The number of rotatable bonds is 4. The van der Waals surface area contributed by atoms with Crippen molar-refractivity contribution in [2.45, 2.75) is 13.1 Å². The summed E-state index contributed by atoms with van der Waals surface area (Å²) in [5, 5.41) is 0. The van der Waals surface area contributed by atoms with Gasteiger partial charge in [0.2, 0.25) is 0 Å². The number of benzene rings is 1. The average Bonchev–Trinajstić information content (AvgIpc) is 2.56. The van der Waals surface area contributed by atoms with Crippen LogP contribution < -0.4 is 0 Å². The van der Waals surface area contributed by atoms with Gasteiger partial charge in [0.25, 0.3) is 0 Å². The zero-order valence-corrected chi connectivity index (χ0v) is 14.6. The fraction of sp³-hybridized carbons (Fsp3) is 0.353. The van der Waals surface area contributed by atoms with Crippen molar-refractivity contribution < 1.29 is 13.2 Å².